The van der Waals surface area contributed by atoms with Crippen LogP contribution in [-0.2, 0) is 14.3 Å². The Kier molecular flexibility index (Phi) is 5.78. The maximum absolute atomic E-state index is 13.5. The number of nitro groups is 1. The number of carbonyl (C=O) groups is 2. The van der Waals surface area contributed by atoms with Crippen molar-refractivity contribution in [1.82, 2.24) is 4.90 Å². The minimum absolute atomic E-state index is 0.101. The molecule has 0 aromatic heterocycles. The molecule has 2 heterocycles. The summed E-state index contributed by atoms with van der Waals surface area (Å²) in [5, 5.41) is 11.0. The van der Waals surface area contributed by atoms with Crippen LogP contribution in [0.25, 0.3) is 5.57 Å². The van der Waals surface area contributed by atoms with Crippen LogP contribution in [0.5, 0.6) is 11.5 Å². The molecule has 32 heavy (non-hydrogen) atoms. The van der Waals surface area contributed by atoms with E-state index in [1.807, 2.05) is 4.90 Å². The molecule has 1 fully saturated rings. The number of nitro benzene ring substituents is 1. The number of hydrogen-bond acceptors (Lipinski definition) is 8. The van der Waals surface area contributed by atoms with Gasteiger partial charge in [-0.2, -0.15) is 0 Å². The van der Waals surface area contributed by atoms with Gasteiger partial charge in [0.05, 0.1) is 43.6 Å². The predicted molar refractivity (Wildman–Crippen MR) is 114 cm³/mol. The maximum atomic E-state index is 13.5. The first-order valence-corrected chi connectivity index (χ1v) is 9.89. The zero-order valence-corrected chi connectivity index (χ0v) is 17.6. The highest BCUT2D eigenvalue weighted by atomic mass is 16.6. The van der Waals surface area contributed by atoms with Crippen LogP contribution in [0.2, 0.25) is 0 Å². The van der Waals surface area contributed by atoms with Crippen molar-refractivity contribution in [3.05, 3.63) is 63.8 Å². The summed E-state index contributed by atoms with van der Waals surface area (Å²) in [7, 11) is 2.96. The van der Waals surface area contributed by atoms with E-state index in [0.717, 1.165) is 4.90 Å². The van der Waals surface area contributed by atoms with Crippen molar-refractivity contribution in [3.8, 4) is 11.5 Å². The van der Waals surface area contributed by atoms with Crippen molar-refractivity contribution >= 4 is 28.8 Å². The highest BCUT2D eigenvalue weighted by Gasteiger charge is 2.43. The van der Waals surface area contributed by atoms with Crippen molar-refractivity contribution in [2.24, 2.45) is 0 Å². The van der Waals surface area contributed by atoms with Crippen LogP contribution in [0.3, 0.4) is 0 Å². The van der Waals surface area contributed by atoms with E-state index in [0.29, 0.717) is 49.1 Å². The van der Waals surface area contributed by atoms with Gasteiger partial charge in [0.25, 0.3) is 17.5 Å². The van der Waals surface area contributed by atoms with Gasteiger partial charge in [-0.05, 0) is 29.8 Å². The van der Waals surface area contributed by atoms with Gasteiger partial charge in [0.1, 0.15) is 5.70 Å². The second-order valence-electron chi connectivity index (χ2n) is 7.11. The van der Waals surface area contributed by atoms with E-state index in [4.69, 9.17) is 14.2 Å². The Bertz CT molecular complexity index is 1110. The van der Waals surface area contributed by atoms with E-state index in [-0.39, 0.29) is 17.0 Å². The number of benzene rings is 2. The predicted octanol–water partition coefficient (Wildman–Crippen LogP) is 2.23. The number of carbonyl (C=O) groups excluding carboxylic acids is 2. The molecule has 10 heteroatoms. The molecule has 0 unspecified atom stereocenters. The van der Waals surface area contributed by atoms with Crippen molar-refractivity contribution in [3.63, 3.8) is 0 Å². The van der Waals surface area contributed by atoms with E-state index >= 15 is 0 Å². The number of rotatable bonds is 6. The summed E-state index contributed by atoms with van der Waals surface area (Å²) in [6.07, 6.45) is 0. The van der Waals surface area contributed by atoms with Gasteiger partial charge in [0.2, 0.25) is 0 Å². The largest absolute Gasteiger partial charge is 0.493 e. The first-order valence-electron chi connectivity index (χ1n) is 9.89. The first-order chi connectivity index (χ1) is 15.5. The lowest BCUT2D eigenvalue weighted by Gasteiger charge is -2.29. The standard InChI is InChI=1S/C22H21N3O7/c1-30-17-8-7-16(13-18(17)31-2)24-21(26)19(14-3-5-15(6-4-14)25(28)29)20(22(24)27)23-9-11-32-12-10-23/h3-8,13H,9-12H2,1-2H3. The topological polar surface area (TPSA) is 111 Å². The zero-order valence-electron chi connectivity index (χ0n) is 17.6. The summed E-state index contributed by atoms with van der Waals surface area (Å²) in [5.41, 5.74) is 1.11. The monoisotopic (exact) mass is 439 g/mol. The quantitative estimate of drug-likeness (QED) is 0.383. The number of amides is 2. The van der Waals surface area contributed by atoms with E-state index in [2.05, 4.69) is 0 Å². The average molecular weight is 439 g/mol. The molecule has 0 saturated carbocycles. The van der Waals surface area contributed by atoms with Crippen LogP contribution in [0.1, 0.15) is 5.56 Å². The SMILES string of the molecule is COc1ccc(N2C(=O)C(c3ccc([N+](=O)[O-])cc3)=C(N3CCOCC3)C2=O)cc1OC. The Morgan fingerprint density at radius 3 is 2.19 bits per heavy atom. The Labute approximate surface area is 183 Å². The Balaban J connectivity index is 1.80. The summed E-state index contributed by atoms with van der Waals surface area (Å²) < 4.78 is 16.0. The van der Waals surface area contributed by atoms with Crippen molar-refractivity contribution in [1.29, 1.82) is 0 Å². The van der Waals surface area contributed by atoms with Gasteiger partial charge in [-0.25, -0.2) is 4.90 Å². The van der Waals surface area contributed by atoms with Gasteiger partial charge in [-0.3, -0.25) is 19.7 Å². The van der Waals surface area contributed by atoms with Gasteiger partial charge in [0.15, 0.2) is 11.5 Å². The molecule has 10 nitrogen and oxygen atoms in total. The highest BCUT2D eigenvalue weighted by molar-refractivity contribution is 6.45. The molecule has 2 aromatic carbocycles. The van der Waals surface area contributed by atoms with Gasteiger partial charge in [-0.15, -0.1) is 0 Å². The summed E-state index contributed by atoms with van der Waals surface area (Å²) in [6.45, 7) is 1.75. The molecular weight excluding hydrogens is 418 g/mol. The van der Waals surface area contributed by atoms with Gasteiger partial charge in [-0.1, -0.05) is 0 Å². The fraction of sp³-hybridized carbons (Fsp3) is 0.273. The first kappa shape index (κ1) is 21.3. The molecule has 0 radical (unpaired) electrons. The number of ether oxygens (including phenoxy) is 3. The van der Waals surface area contributed by atoms with Gasteiger partial charge < -0.3 is 19.1 Å². The molecule has 0 bridgehead atoms. The minimum Gasteiger partial charge on any atom is -0.493 e. The van der Waals surface area contributed by atoms with Crippen LogP contribution in [0.15, 0.2) is 48.2 Å². The van der Waals surface area contributed by atoms with E-state index in [9.17, 15) is 19.7 Å². The van der Waals surface area contributed by atoms with Gasteiger partial charge in [0, 0.05) is 31.3 Å². The third-order valence-corrected chi connectivity index (χ3v) is 5.38. The van der Waals surface area contributed by atoms with E-state index in [1.54, 1.807) is 18.2 Å². The van der Waals surface area contributed by atoms with Crippen molar-refractivity contribution in [2.75, 3.05) is 45.4 Å². The third-order valence-electron chi connectivity index (χ3n) is 5.38. The molecular formula is C22H21N3O7. The highest BCUT2D eigenvalue weighted by Crippen LogP contribution is 2.38. The Morgan fingerprint density at radius 1 is 0.938 bits per heavy atom. The lowest BCUT2D eigenvalue weighted by molar-refractivity contribution is -0.384. The number of non-ortho nitro benzene ring substituents is 1. The number of hydrogen-bond donors (Lipinski definition) is 0. The number of anilines is 1. The second kappa shape index (κ2) is 8.67. The van der Waals surface area contributed by atoms with Crippen LogP contribution in [0, 0.1) is 10.1 Å². The number of nitrogens with zero attached hydrogens (tertiary/aromatic N) is 3. The smallest absolute Gasteiger partial charge is 0.282 e. The molecule has 4 rings (SSSR count). The lowest BCUT2D eigenvalue weighted by atomic mass is 10.0. The number of methoxy groups -OCH3 is 2. The molecule has 0 spiro atoms. The Hall–Kier alpha value is -3.92. The summed E-state index contributed by atoms with van der Waals surface area (Å²) in [4.78, 5) is 40.5. The van der Waals surface area contributed by atoms with E-state index < -0.39 is 16.7 Å². The van der Waals surface area contributed by atoms with Gasteiger partial charge >= 0.3 is 0 Å². The molecule has 2 amide bonds. The molecule has 1 saturated heterocycles. The molecule has 0 aliphatic carbocycles. The zero-order chi connectivity index (χ0) is 22.8. The number of imide groups is 1. The van der Waals surface area contributed by atoms with Crippen LogP contribution < -0.4 is 14.4 Å². The van der Waals surface area contributed by atoms with Crippen LogP contribution in [0.4, 0.5) is 11.4 Å². The molecule has 2 aromatic rings. The lowest BCUT2D eigenvalue weighted by Crippen LogP contribution is -2.40. The number of morpholine rings is 1. The Morgan fingerprint density at radius 2 is 1.59 bits per heavy atom. The fourth-order valence-corrected chi connectivity index (χ4v) is 3.81. The average Bonchev–Trinajstić information content (AvgIpc) is 3.09. The van der Waals surface area contributed by atoms with Crippen molar-refractivity contribution in [2.45, 2.75) is 0 Å². The molecule has 2 aliphatic rings. The third kappa shape index (κ3) is 3.65. The molecule has 0 atom stereocenters. The van der Waals surface area contributed by atoms with Crippen LogP contribution >= 0.6 is 0 Å². The second-order valence-corrected chi connectivity index (χ2v) is 7.11. The van der Waals surface area contributed by atoms with E-state index in [1.165, 1.54) is 38.5 Å². The molecule has 2 aliphatic heterocycles. The summed E-state index contributed by atoms with van der Waals surface area (Å²) >= 11 is 0. The fourth-order valence-electron chi connectivity index (χ4n) is 3.81. The molecule has 0 N–H and O–H groups in total. The minimum atomic E-state index is -0.516. The van der Waals surface area contributed by atoms with Crippen molar-refractivity contribution < 1.29 is 28.7 Å². The summed E-state index contributed by atoms with van der Waals surface area (Å²) in [6, 6.07) is 10.4. The normalized spacial score (nSPS) is 16.6. The van der Waals surface area contributed by atoms with Crippen LogP contribution in [-0.4, -0.2) is 62.2 Å². The molecule has 166 valence electrons. The maximum Gasteiger partial charge on any atom is 0.282 e. The summed E-state index contributed by atoms with van der Waals surface area (Å²) in [5.74, 6) is -0.148.